The molecule has 0 aliphatic carbocycles. The molecule has 0 unspecified atom stereocenters. The highest BCUT2D eigenvalue weighted by Crippen LogP contribution is 2.35. The van der Waals surface area contributed by atoms with Crippen LogP contribution in [0.25, 0.3) is 10.9 Å². The van der Waals surface area contributed by atoms with Crippen LogP contribution in [-0.4, -0.2) is 24.3 Å². The molecule has 0 spiro atoms. The minimum atomic E-state index is 0.635. The van der Waals surface area contributed by atoms with E-state index in [2.05, 4.69) is 29.8 Å². The number of nitrogens with two attached hydrogens (primary N) is 1. The van der Waals surface area contributed by atoms with Crippen LogP contribution >= 0.6 is 0 Å². The van der Waals surface area contributed by atoms with Crippen molar-refractivity contribution in [3.05, 3.63) is 23.9 Å². The molecule has 21 heavy (non-hydrogen) atoms. The molecule has 0 saturated carbocycles. The van der Waals surface area contributed by atoms with E-state index in [-0.39, 0.29) is 0 Å². The summed E-state index contributed by atoms with van der Waals surface area (Å²) in [5, 5.41) is 1.25. The van der Waals surface area contributed by atoms with E-state index in [1.54, 1.807) is 0 Å². The summed E-state index contributed by atoms with van der Waals surface area (Å²) in [5.74, 6) is 1.65. The summed E-state index contributed by atoms with van der Waals surface area (Å²) in [5.41, 5.74) is 8.18. The zero-order valence-electron chi connectivity index (χ0n) is 13.3. The van der Waals surface area contributed by atoms with E-state index < -0.39 is 0 Å². The summed E-state index contributed by atoms with van der Waals surface area (Å²) in [6.45, 7) is 9.08. The molecule has 2 N–H and O–H groups in total. The van der Waals surface area contributed by atoms with E-state index in [4.69, 9.17) is 15.2 Å². The van der Waals surface area contributed by atoms with Gasteiger partial charge < -0.3 is 19.8 Å². The van der Waals surface area contributed by atoms with E-state index in [0.717, 1.165) is 30.9 Å². The van der Waals surface area contributed by atoms with Crippen molar-refractivity contribution in [1.82, 2.24) is 4.57 Å². The molecular formula is C17H26N2O2. The van der Waals surface area contributed by atoms with Crippen LogP contribution < -0.4 is 15.2 Å². The molecule has 0 aliphatic rings. The lowest BCUT2D eigenvalue weighted by molar-refractivity contribution is 0.288. The second kappa shape index (κ2) is 7.36. The monoisotopic (exact) mass is 290 g/mol. The number of aryl methyl sites for hydroxylation is 2. The maximum atomic E-state index is 5.74. The second-order valence-corrected chi connectivity index (χ2v) is 5.03. The van der Waals surface area contributed by atoms with E-state index in [1.165, 1.54) is 16.5 Å². The van der Waals surface area contributed by atoms with Crippen LogP contribution in [0.1, 0.15) is 32.8 Å². The Morgan fingerprint density at radius 1 is 1.05 bits per heavy atom. The van der Waals surface area contributed by atoms with E-state index in [9.17, 15) is 0 Å². The van der Waals surface area contributed by atoms with Crippen LogP contribution in [0.5, 0.6) is 11.5 Å². The highest BCUT2D eigenvalue weighted by molar-refractivity contribution is 5.87. The summed E-state index contributed by atoms with van der Waals surface area (Å²) in [7, 11) is 0. The summed E-state index contributed by atoms with van der Waals surface area (Å²) in [6.07, 6.45) is 4.21. The fourth-order valence-electron chi connectivity index (χ4n) is 2.64. The zero-order chi connectivity index (χ0) is 15.2. The Kier molecular flexibility index (Phi) is 5.51. The summed E-state index contributed by atoms with van der Waals surface area (Å²) >= 11 is 0. The van der Waals surface area contributed by atoms with Crippen LogP contribution in [0.2, 0.25) is 0 Å². The minimum Gasteiger partial charge on any atom is -0.490 e. The number of nitrogens with zero attached hydrogens (tertiary/aromatic N) is 1. The van der Waals surface area contributed by atoms with Crippen molar-refractivity contribution < 1.29 is 9.47 Å². The van der Waals surface area contributed by atoms with Crippen LogP contribution in [0.4, 0.5) is 0 Å². The first-order valence-electron chi connectivity index (χ1n) is 7.86. The molecule has 1 aromatic carbocycles. The normalized spacial score (nSPS) is 11.0. The maximum Gasteiger partial charge on any atom is 0.163 e. The smallest absolute Gasteiger partial charge is 0.163 e. The fraction of sp³-hybridized carbons (Fsp3) is 0.529. The SMILES string of the molecule is CCOc1cc2c(CC)cn(CCCN)c2cc1OCC. The molecule has 4 heteroatoms. The quantitative estimate of drug-likeness (QED) is 0.811. The van der Waals surface area contributed by atoms with Gasteiger partial charge in [-0.05, 0) is 44.9 Å². The van der Waals surface area contributed by atoms with Gasteiger partial charge in [-0.2, -0.15) is 0 Å². The van der Waals surface area contributed by atoms with Crippen molar-refractivity contribution in [1.29, 1.82) is 0 Å². The van der Waals surface area contributed by atoms with Crippen LogP contribution in [0.15, 0.2) is 18.3 Å². The van der Waals surface area contributed by atoms with Gasteiger partial charge in [-0.25, -0.2) is 0 Å². The van der Waals surface area contributed by atoms with Gasteiger partial charge in [-0.15, -0.1) is 0 Å². The first-order valence-corrected chi connectivity index (χ1v) is 7.86. The average Bonchev–Trinajstić information content (AvgIpc) is 2.83. The minimum absolute atomic E-state index is 0.635. The van der Waals surface area contributed by atoms with Gasteiger partial charge in [0.25, 0.3) is 0 Å². The Morgan fingerprint density at radius 3 is 2.29 bits per heavy atom. The maximum absolute atomic E-state index is 5.74. The van der Waals surface area contributed by atoms with Crippen LogP contribution in [0.3, 0.4) is 0 Å². The highest BCUT2D eigenvalue weighted by Gasteiger charge is 2.13. The lowest BCUT2D eigenvalue weighted by Gasteiger charge is -2.12. The molecular weight excluding hydrogens is 264 g/mol. The van der Waals surface area contributed by atoms with Crippen molar-refractivity contribution in [2.75, 3.05) is 19.8 Å². The summed E-state index contributed by atoms with van der Waals surface area (Å²) in [6, 6.07) is 4.21. The number of aromatic nitrogens is 1. The third kappa shape index (κ3) is 3.32. The van der Waals surface area contributed by atoms with Crippen molar-refractivity contribution in [3.63, 3.8) is 0 Å². The highest BCUT2D eigenvalue weighted by atomic mass is 16.5. The largest absolute Gasteiger partial charge is 0.490 e. The number of rotatable bonds is 8. The Labute approximate surface area is 126 Å². The van der Waals surface area contributed by atoms with Crippen molar-refractivity contribution in [2.24, 2.45) is 5.73 Å². The molecule has 116 valence electrons. The molecule has 1 heterocycles. The Morgan fingerprint density at radius 2 is 1.71 bits per heavy atom. The van der Waals surface area contributed by atoms with E-state index in [0.29, 0.717) is 19.8 Å². The molecule has 1 aromatic heterocycles. The number of fused-ring (bicyclic) bond motifs is 1. The van der Waals surface area contributed by atoms with Gasteiger partial charge in [-0.3, -0.25) is 0 Å². The molecule has 0 aliphatic heterocycles. The third-order valence-electron chi connectivity index (χ3n) is 3.61. The average molecular weight is 290 g/mol. The standard InChI is InChI=1S/C17H26N2O2/c1-4-13-12-19(9-7-8-18)15-11-17(21-6-3)16(20-5-2)10-14(13)15/h10-12H,4-9,18H2,1-3H3. The summed E-state index contributed by atoms with van der Waals surface area (Å²) < 4.78 is 13.7. The first-order chi connectivity index (χ1) is 10.2. The van der Waals surface area contributed by atoms with Crippen molar-refractivity contribution in [3.8, 4) is 11.5 Å². The van der Waals surface area contributed by atoms with Gasteiger partial charge in [0.05, 0.1) is 18.7 Å². The fourth-order valence-corrected chi connectivity index (χ4v) is 2.64. The Balaban J connectivity index is 2.54. The van der Waals surface area contributed by atoms with E-state index >= 15 is 0 Å². The molecule has 2 aromatic rings. The van der Waals surface area contributed by atoms with Gasteiger partial charge in [0.15, 0.2) is 11.5 Å². The molecule has 0 atom stereocenters. The second-order valence-electron chi connectivity index (χ2n) is 5.03. The third-order valence-corrected chi connectivity index (χ3v) is 3.61. The van der Waals surface area contributed by atoms with Crippen LogP contribution in [-0.2, 0) is 13.0 Å². The number of hydrogen-bond acceptors (Lipinski definition) is 3. The molecule has 0 fully saturated rings. The lowest BCUT2D eigenvalue weighted by Crippen LogP contribution is -2.05. The molecule has 0 amide bonds. The number of benzene rings is 1. The van der Waals surface area contributed by atoms with Gasteiger partial charge in [0.2, 0.25) is 0 Å². The number of hydrogen-bond donors (Lipinski definition) is 1. The van der Waals surface area contributed by atoms with Gasteiger partial charge in [0.1, 0.15) is 0 Å². The molecule has 2 rings (SSSR count). The molecule has 0 radical (unpaired) electrons. The van der Waals surface area contributed by atoms with Crippen LogP contribution in [0, 0.1) is 0 Å². The van der Waals surface area contributed by atoms with Crippen molar-refractivity contribution >= 4 is 10.9 Å². The van der Waals surface area contributed by atoms with Gasteiger partial charge >= 0.3 is 0 Å². The van der Waals surface area contributed by atoms with Gasteiger partial charge in [-0.1, -0.05) is 6.92 Å². The molecule has 0 saturated heterocycles. The Bertz CT molecular complexity index is 590. The zero-order valence-corrected chi connectivity index (χ0v) is 13.3. The topological polar surface area (TPSA) is 49.4 Å². The predicted octanol–water partition coefficient (Wildman–Crippen LogP) is 3.35. The summed E-state index contributed by atoms with van der Waals surface area (Å²) in [4.78, 5) is 0. The Hall–Kier alpha value is -1.68. The molecule has 4 nitrogen and oxygen atoms in total. The molecule has 0 bridgehead atoms. The predicted molar refractivity (Wildman–Crippen MR) is 87.3 cm³/mol. The number of ether oxygens (including phenoxy) is 2. The van der Waals surface area contributed by atoms with Gasteiger partial charge in [0, 0.05) is 24.2 Å². The lowest BCUT2D eigenvalue weighted by atomic mass is 10.1. The first kappa shape index (κ1) is 15.7. The van der Waals surface area contributed by atoms with E-state index in [1.807, 2.05) is 13.8 Å². The van der Waals surface area contributed by atoms with Crippen molar-refractivity contribution in [2.45, 2.75) is 40.2 Å².